The van der Waals surface area contributed by atoms with Crippen LogP contribution >= 0.6 is 0 Å². The van der Waals surface area contributed by atoms with E-state index < -0.39 is 11.9 Å². The van der Waals surface area contributed by atoms with E-state index in [1.54, 1.807) is 6.07 Å². The summed E-state index contributed by atoms with van der Waals surface area (Å²) in [6, 6.07) is 4.76. The highest BCUT2D eigenvalue weighted by molar-refractivity contribution is 6.05. The van der Waals surface area contributed by atoms with Gasteiger partial charge in [0.05, 0.1) is 0 Å². The molecule has 0 spiro atoms. The largest absolute Gasteiger partial charge is 0.355 e. The summed E-state index contributed by atoms with van der Waals surface area (Å²) in [5.41, 5.74) is 8.62. The van der Waals surface area contributed by atoms with Crippen molar-refractivity contribution < 1.29 is 14.4 Å². The first-order valence-corrected chi connectivity index (χ1v) is 8.52. The molecule has 1 saturated heterocycles. The van der Waals surface area contributed by atoms with Gasteiger partial charge in [0.2, 0.25) is 17.7 Å². The van der Waals surface area contributed by atoms with Crippen LogP contribution in [-0.2, 0) is 14.4 Å². The number of likely N-dealkylation sites (N-methyl/N-ethyl adjacent to an activating group) is 1. The topological polar surface area (TPSA) is 105 Å². The van der Waals surface area contributed by atoms with E-state index in [9.17, 15) is 14.4 Å². The average Bonchev–Trinajstić information content (AvgIpc) is 2.94. The number of hydrogen-bond acceptors (Lipinski definition) is 4. The zero-order chi connectivity index (χ0) is 18.6. The van der Waals surface area contributed by atoms with Crippen LogP contribution in [0, 0.1) is 13.8 Å². The summed E-state index contributed by atoms with van der Waals surface area (Å²) in [5.74, 6) is -1.00. The van der Waals surface area contributed by atoms with Crippen molar-refractivity contribution in [1.29, 1.82) is 0 Å². The summed E-state index contributed by atoms with van der Waals surface area (Å²) in [6.07, 6.45) is 0.103. The highest BCUT2D eigenvalue weighted by atomic mass is 16.2. The molecular formula is C18H26N4O3. The Balaban J connectivity index is 2.01. The Bertz CT molecular complexity index is 674. The molecule has 0 radical (unpaired) electrons. The van der Waals surface area contributed by atoms with Crippen LogP contribution in [0.5, 0.6) is 0 Å². The Hall–Kier alpha value is -2.41. The zero-order valence-electron chi connectivity index (χ0n) is 15.0. The number of nitrogens with zero attached hydrogens (tertiary/aromatic N) is 1. The van der Waals surface area contributed by atoms with Crippen molar-refractivity contribution in [2.45, 2.75) is 45.7 Å². The number of nitrogens with one attached hydrogen (secondary N) is 2. The number of likely N-dealkylation sites (tertiary alicyclic amines) is 1. The van der Waals surface area contributed by atoms with Gasteiger partial charge in [-0.2, -0.15) is 0 Å². The van der Waals surface area contributed by atoms with E-state index in [4.69, 9.17) is 5.73 Å². The SMILES string of the molecule is CCNC(=O)[C@@H]1C[C@H](N)CN1C(=O)CC(=O)Nc1cccc(C)c1C. The zero-order valence-corrected chi connectivity index (χ0v) is 15.0. The Labute approximate surface area is 147 Å². The van der Waals surface area contributed by atoms with Crippen molar-refractivity contribution in [1.82, 2.24) is 10.2 Å². The number of anilines is 1. The predicted molar refractivity (Wildman–Crippen MR) is 95.9 cm³/mol. The minimum atomic E-state index is -0.601. The number of nitrogens with two attached hydrogens (primary N) is 1. The fourth-order valence-corrected chi connectivity index (χ4v) is 3.00. The van der Waals surface area contributed by atoms with Crippen LogP contribution in [0.2, 0.25) is 0 Å². The molecule has 2 atom stereocenters. The van der Waals surface area contributed by atoms with E-state index in [1.807, 2.05) is 32.9 Å². The minimum Gasteiger partial charge on any atom is -0.355 e. The molecule has 0 bridgehead atoms. The third-order valence-electron chi connectivity index (χ3n) is 4.50. The molecule has 1 aromatic rings. The molecule has 3 amide bonds. The first-order chi connectivity index (χ1) is 11.8. The molecule has 1 aliphatic heterocycles. The van der Waals surface area contributed by atoms with Gasteiger partial charge >= 0.3 is 0 Å². The minimum absolute atomic E-state index is 0.223. The quantitative estimate of drug-likeness (QED) is 0.683. The number of carbonyl (C=O) groups excluding carboxylic acids is 3. The van der Waals surface area contributed by atoms with Gasteiger partial charge in [0.1, 0.15) is 12.5 Å². The maximum Gasteiger partial charge on any atom is 0.242 e. The van der Waals surface area contributed by atoms with Crippen LogP contribution in [0.1, 0.15) is 30.9 Å². The van der Waals surface area contributed by atoms with E-state index in [0.29, 0.717) is 18.7 Å². The number of rotatable bonds is 5. The monoisotopic (exact) mass is 346 g/mol. The molecule has 136 valence electrons. The average molecular weight is 346 g/mol. The molecule has 0 unspecified atom stereocenters. The van der Waals surface area contributed by atoms with Crippen LogP contribution in [0.4, 0.5) is 5.69 Å². The maximum atomic E-state index is 12.5. The number of carbonyl (C=O) groups is 3. The van der Waals surface area contributed by atoms with E-state index in [1.165, 1.54) is 4.90 Å². The Morgan fingerprint density at radius 1 is 1.28 bits per heavy atom. The van der Waals surface area contributed by atoms with E-state index in [-0.39, 0.29) is 30.8 Å². The van der Waals surface area contributed by atoms with Gasteiger partial charge in [-0.3, -0.25) is 14.4 Å². The Kier molecular flexibility index (Phi) is 6.14. The first kappa shape index (κ1) is 18.9. The second-order valence-electron chi connectivity index (χ2n) is 6.42. The molecule has 0 aliphatic carbocycles. The summed E-state index contributed by atoms with van der Waals surface area (Å²) < 4.78 is 0. The lowest BCUT2D eigenvalue weighted by atomic mass is 10.1. The molecule has 25 heavy (non-hydrogen) atoms. The van der Waals surface area contributed by atoms with Gasteiger partial charge in [0.25, 0.3) is 0 Å². The Morgan fingerprint density at radius 3 is 2.68 bits per heavy atom. The molecular weight excluding hydrogens is 320 g/mol. The van der Waals surface area contributed by atoms with Crippen LogP contribution in [0.25, 0.3) is 0 Å². The van der Waals surface area contributed by atoms with Gasteiger partial charge in [-0.1, -0.05) is 12.1 Å². The lowest BCUT2D eigenvalue weighted by Crippen LogP contribution is -2.46. The number of amides is 3. The van der Waals surface area contributed by atoms with Crippen LogP contribution in [-0.4, -0.2) is 47.8 Å². The molecule has 4 N–H and O–H groups in total. The molecule has 0 saturated carbocycles. The van der Waals surface area contributed by atoms with Gasteiger partial charge in [-0.05, 0) is 44.4 Å². The smallest absolute Gasteiger partial charge is 0.242 e. The predicted octanol–water partition coefficient (Wildman–Crippen LogP) is 0.696. The molecule has 1 aliphatic rings. The molecule has 7 nitrogen and oxygen atoms in total. The molecule has 1 aromatic carbocycles. The Morgan fingerprint density at radius 2 is 2.00 bits per heavy atom. The summed E-state index contributed by atoms with van der Waals surface area (Å²) in [7, 11) is 0. The standard InChI is InChI=1S/C18H26N4O3/c1-4-20-18(25)15-8-13(19)10-22(15)17(24)9-16(23)21-14-7-5-6-11(2)12(14)3/h5-7,13,15H,4,8-10,19H2,1-3H3,(H,20,25)(H,21,23)/t13-,15-/m0/s1. The van der Waals surface area contributed by atoms with E-state index >= 15 is 0 Å². The van der Waals surface area contributed by atoms with Crippen molar-refractivity contribution >= 4 is 23.4 Å². The van der Waals surface area contributed by atoms with Gasteiger partial charge in [0.15, 0.2) is 0 Å². The van der Waals surface area contributed by atoms with Crippen molar-refractivity contribution in [3.05, 3.63) is 29.3 Å². The molecule has 0 aromatic heterocycles. The lowest BCUT2D eigenvalue weighted by molar-refractivity contribution is -0.140. The van der Waals surface area contributed by atoms with Gasteiger partial charge < -0.3 is 21.3 Å². The number of aryl methyl sites for hydroxylation is 1. The van der Waals surface area contributed by atoms with Crippen molar-refractivity contribution in [3.63, 3.8) is 0 Å². The highest BCUT2D eigenvalue weighted by Crippen LogP contribution is 2.20. The highest BCUT2D eigenvalue weighted by Gasteiger charge is 2.38. The fraction of sp³-hybridized carbons (Fsp3) is 0.500. The van der Waals surface area contributed by atoms with Gasteiger partial charge in [-0.25, -0.2) is 0 Å². The summed E-state index contributed by atoms with van der Waals surface area (Å²) in [4.78, 5) is 38.2. The lowest BCUT2D eigenvalue weighted by Gasteiger charge is -2.23. The number of benzene rings is 1. The summed E-state index contributed by atoms with van der Waals surface area (Å²) in [6.45, 7) is 6.46. The molecule has 1 fully saturated rings. The van der Waals surface area contributed by atoms with Gasteiger partial charge in [0, 0.05) is 24.8 Å². The van der Waals surface area contributed by atoms with Crippen molar-refractivity contribution in [2.24, 2.45) is 5.73 Å². The normalized spacial score (nSPS) is 19.6. The summed E-state index contributed by atoms with van der Waals surface area (Å²) in [5, 5.41) is 5.48. The molecule has 1 heterocycles. The van der Waals surface area contributed by atoms with Crippen molar-refractivity contribution in [3.8, 4) is 0 Å². The van der Waals surface area contributed by atoms with Crippen LogP contribution in [0.15, 0.2) is 18.2 Å². The maximum absolute atomic E-state index is 12.5. The summed E-state index contributed by atoms with van der Waals surface area (Å²) >= 11 is 0. The van der Waals surface area contributed by atoms with Crippen molar-refractivity contribution in [2.75, 3.05) is 18.4 Å². The third kappa shape index (κ3) is 4.57. The molecule has 2 rings (SSSR count). The second kappa shape index (κ2) is 8.11. The van der Waals surface area contributed by atoms with Crippen LogP contribution in [0.3, 0.4) is 0 Å². The van der Waals surface area contributed by atoms with E-state index in [2.05, 4.69) is 10.6 Å². The van der Waals surface area contributed by atoms with E-state index in [0.717, 1.165) is 11.1 Å². The first-order valence-electron chi connectivity index (χ1n) is 8.52. The van der Waals surface area contributed by atoms with Gasteiger partial charge in [-0.15, -0.1) is 0 Å². The number of hydrogen-bond donors (Lipinski definition) is 3. The fourth-order valence-electron chi connectivity index (χ4n) is 3.00. The third-order valence-corrected chi connectivity index (χ3v) is 4.50. The second-order valence-corrected chi connectivity index (χ2v) is 6.42. The van der Waals surface area contributed by atoms with Crippen LogP contribution < -0.4 is 16.4 Å². The molecule has 7 heteroatoms.